The SMILES string of the molecule is CC(C)C1CC(=O)N(C(=O)c2cnc(Cl)cn2)C1. The summed E-state index contributed by atoms with van der Waals surface area (Å²) in [7, 11) is 0. The molecule has 1 saturated heterocycles. The number of nitrogens with zero attached hydrogens (tertiary/aromatic N) is 3. The van der Waals surface area contributed by atoms with E-state index in [1.165, 1.54) is 17.3 Å². The third kappa shape index (κ3) is 2.51. The fourth-order valence-electron chi connectivity index (χ4n) is 1.94. The Hall–Kier alpha value is -1.49. The summed E-state index contributed by atoms with van der Waals surface area (Å²) in [4.78, 5) is 32.8. The van der Waals surface area contributed by atoms with Gasteiger partial charge in [-0.2, -0.15) is 0 Å². The molecule has 1 aliphatic rings. The Morgan fingerprint density at radius 1 is 1.44 bits per heavy atom. The Labute approximate surface area is 110 Å². The standard InChI is InChI=1S/C12H14ClN3O2/c1-7(2)8-3-11(17)16(6-8)12(18)9-4-15-10(13)5-14-9/h4-5,7-8H,3,6H2,1-2H3. The van der Waals surface area contributed by atoms with Crippen molar-refractivity contribution in [1.29, 1.82) is 0 Å². The van der Waals surface area contributed by atoms with Crippen LogP contribution < -0.4 is 0 Å². The molecule has 0 bridgehead atoms. The van der Waals surface area contributed by atoms with Crippen LogP contribution in [0.5, 0.6) is 0 Å². The molecule has 2 rings (SSSR count). The lowest BCUT2D eigenvalue weighted by Crippen LogP contribution is -2.33. The van der Waals surface area contributed by atoms with E-state index in [0.29, 0.717) is 18.9 Å². The lowest BCUT2D eigenvalue weighted by atomic mass is 9.95. The van der Waals surface area contributed by atoms with Crippen molar-refractivity contribution in [2.45, 2.75) is 20.3 Å². The molecular weight excluding hydrogens is 254 g/mol. The number of carbonyl (C=O) groups is 2. The van der Waals surface area contributed by atoms with E-state index in [9.17, 15) is 9.59 Å². The molecule has 6 heteroatoms. The van der Waals surface area contributed by atoms with Gasteiger partial charge in [0.25, 0.3) is 5.91 Å². The van der Waals surface area contributed by atoms with E-state index in [-0.39, 0.29) is 22.7 Å². The fourth-order valence-corrected chi connectivity index (χ4v) is 2.04. The van der Waals surface area contributed by atoms with Crippen molar-refractivity contribution in [2.24, 2.45) is 11.8 Å². The Balaban J connectivity index is 2.15. The van der Waals surface area contributed by atoms with Gasteiger partial charge in [0.1, 0.15) is 10.8 Å². The highest BCUT2D eigenvalue weighted by molar-refractivity contribution is 6.29. The van der Waals surface area contributed by atoms with Crippen molar-refractivity contribution in [1.82, 2.24) is 14.9 Å². The van der Waals surface area contributed by atoms with Crippen LogP contribution in [0.2, 0.25) is 5.15 Å². The molecule has 0 spiro atoms. The van der Waals surface area contributed by atoms with Gasteiger partial charge < -0.3 is 0 Å². The first-order valence-electron chi connectivity index (χ1n) is 5.81. The monoisotopic (exact) mass is 267 g/mol. The molecule has 0 aliphatic carbocycles. The van der Waals surface area contributed by atoms with Crippen LogP contribution in [0.4, 0.5) is 0 Å². The number of hydrogen-bond acceptors (Lipinski definition) is 4. The number of aromatic nitrogens is 2. The minimum Gasteiger partial charge on any atom is -0.277 e. The molecule has 1 aromatic heterocycles. The van der Waals surface area contributed by atoms with Gasteiger partial charge in [-0.15, -0.1) is 0 Å². The van der Waals surface area contributed by atoms with Gasteiger partial charge in [0, 0.05) is 13.0 Å². The first kappa shape index (κ1) is 13.0. The van der Waals surface area contributed by atoms with Crippen LogP contribution in [-0.2, 0) is 4.79 Å². The first-order valence-corrected chi connectivity index (χ1v) is 6.19. The zero-order valence-electron chi connectivity index (χ0n) is 10.3. The number of amides is 2. The average Bonchev–Trinajstić information content (AvgIpc) is 2.71. The van der Waals surface area contributed by atoms with E-state index < -0.39 is 5.91 Å². The summed E-state index contributed by atoms with van der Waals surface area (Å²) in [5.41, 5.74) is 0.150. The van der Waals surface area contributed by atoms with Crippen molar-refractivity contribution in [3.63, 3.8) is 0 Å². The molecule has 1 fully saturated rings. The van der Waals surface area contributed by atoms with E-state index in [4.69, 9.17) is 11.6 Å². The summed E-state index contributed by atoms with van der Waals surface area (Å²) in [6, 6.07) is 0. The third-order valence-electron chi connectivity index (χ3n) is 3.18. The van der Waals surface area contributed by atoms with E-state index >= 15 is 0 Å². The smallest absolute Gasteiger partial charge is 0.277 e. The van der Waals surface area contributed by atoms with Crippen LogP contribution in [0.1, 0.15) is 30.8 Å². The second kappa shape index (κ2) is 5.02. The van der Waals surface area contributed by atoms with Crippen LogP contribution in [-0.4, -0.2) is 33.2 Å². The zero-order chi connectivity index (χ0) is 13.3. The maximum Gasteiger partial charge on any atom is 0.280 e. The summed E-state index contributed by atoms with van der Waals surface area (Å²) in [5, 5.41) is 0.222. The summed E-state index contributed by atoms with van der Waals surface area (Å²) in [6.45, 7) is 4.56. The normalized spacial score (nSPS) is 19.7. The Kier molecular flexibility index (Phi) is 3.61. The van der Waals surface area contributed by atoms with Crippen LogP contribution in [0.3, 0.4) is 0 Å². The molecule has 5 nitrogen and oxygen atoms in total. The molecule has 1 atom stereocenters. The van der Waals surface area contributed by atoms with Gasteiger partial charge in [0.05, 0.1) is 12.4 Å². The van der Waals surface area contributed by atoms with Crippen molar-refractivity contribution >= 4 is 23.4 Å². The van der Waals surface area contributed by atoms with Gasteiger partial charge in [0.2, 0.25) is 5.91 Å². The molecule has 0 saturated carbocycles. The molecule has 1 unspecified atom stereocenters. The largest absolute Gasteiger partial charge is 0.280 e. The van der Waals surface area contributed by atoms with Gasteiger partial charge in [-0.1, -0.05) is 25.4 Å². The fraction of sp³-hybridized carbons (Fsp3) is 0.500. The van der Waals surface area contributed by atoms with Crippen LogP contribution in [0.25, 0.3) is 0 Å². The molecule has 18 heavy (non-hydrogen) atoms. The van der Waals surface area contributed by atoms with Gasteiger partial charge >= 0.3 is 0 Å². The molecule has 0 aromatic carbocycles. The van der Waals surface area contributed by atoms with Gasteiger partial charge in [0.15, 0.2) is 0 Å². The average molecular weight is 268 g/mol. The quantitative estimate of drug-likeness (QED) is 0.766. The second-order valence-electron chi connectivity index (χ2n) is 4.74. The predicted molar refractivity (Wildman–Crippen MR) is 66.0 cm³/mol. The van der Waals surface area contributed by atoms with Gasteiger partial charge in [-0.05, 0) is 11.8 Å². The van der Waals surface area contributed by atoms with Crippen LogP contribution >= 0.6 is 11.6 Å². The summed E-state index contributed by atoms with van der Waals surface area (Å²) >= 11 is 5.60. The minimum absolute atomic E-state index is 0.143. The maximum atomic E-state index is 12.1. The summed E-state index contributed by atoms with van der Waals surface area (Å²) < 4.78 is 0. The Bertz CT molecular complexity index is 473. The molecule has 1 aliphatic heterocycles. The van der Waals surface area contributed by atoms with Crippen molar-refractivity contribution < 1.29 is 9.59 Å². The Morgan fingerprint density at radius 2 is 2.17 bits per heavy atom. The third-order valence-corrected chi connectivity index (χ3v) is 3.38. The summed E-state index contributed by atoms with van der Waals surface area (Å²) in [6.07, 6.45) is 3.01. The van der Waals surface area contributed by atoms with Crippen molar-refractivity contribution in [3.05, 3.63) is 23.2 Å². The topological polar surface area (TPSA) is 63.2 Å². The number of hydrogen-bond donors (Lipinski definition) is 0. The first-order chi connectivity index (χ1) is 8.49. The number of imide groups is 1. The predicted octanol–water partition coefficient (Wildman–Crippen LogP) is 1.77. The molecular formula is C12H14ClN3O2. The van der Waals surface area contributed by atoms with Crippen LogP contribution in [0.15, 0.2) is 12.4 Å². The molecule has 2 amide bonds. The van der Waals surface area contributed by atoms with Crippen LogP contribution in [0, 0.1) is 11.8 Å². The van der Waals surface area contributed by atoms with E-state index in [0.717, 1.165) is 0 Å². The van der Waals surface area contributed by atoms with Gasteiger partial charge in [-0.25, -0.2) is 9.97 Å². The van der Waals surface area contributed by atoms with Crippen molar-refractivity contribution in [3.8, 4) is 0 Å². The number of likely N-dealkylation sites (tertiary alicyclic amines) is 1. The van der Waals surface area contributed by atoms with Crippen molar-refractivity contribution in [2.75, 3.05) is 6.54 Å². The number of carbonyl (C=O) groups excluding carboxylic acids is 2. The molecule has 0 radical (unpaired) electrons. The van der Waals surface area contributed by atoms with E-state index in [2.05, 4.69) is 9.97 Å². The lowest BCUT2D eigenvalue weighted by molar-refractivity contribution is -0.125. The zero-order valence-corrected chi connectivity index (χ0v) is 11.0. The molecule has 2 heterocycles. The number of rotatable bonds is 2. The summed E-state index contributed by atoms with van der Waals surface area (Å²) in [5.74, 6) is 0.0625. The minimum atomic E-state index is -0.396. The van der Waals surface area contributed by atoms with Gasteiger partial charge in [-0.3, -0.25) is 14.5 Å². The molecule has 96 valence electrons. The molecule has 1 aromatic rings. The van der Waals surface area contributed by atoms with E-state index in [1.54, 1.807) is 0 Å². The highest BCUT2D eigenvalue weighted by atomic mass is 35.5. The second-order valence-corrected chi connectivity index (χ2v) is 5.13. The highest BCUT2D eigenvalue weighted by Gasteiger charge is 2.36. The lowest BCUT2D eigenvalue weighted by Gasteiger charge is -2.15. The number of halogens is 1. The Morgan fingerprint density at radius 3 is 2.67 bits per heavy atom. The molecule has 0 N–H and O–H groups in total. The van der Waals surface area contributed by atoms with E-state index in [1.807, 2.05) is 13.8 Å². The highest BCUT2D eigenvalue weighted by Crippen LogP contribution is 2.25. The maximum absolute atomic E-state index is 12.1.